The van der Waals surface area contributed by atoms with E-state index in [9.17, 15) is 0 Å². The van der Waals surface area contributed by atoms with Crippen molar-refractivity contribution in [3.63, 3.8) is 0 Å². The molecule has 1 atom stereocenters. The average Bonchev–Trinajstić information content (AvgIpc) is 2.63. The minimum atomic E-state index is 0. The molecule has 2 heteroatoms. The first kappa shape index (κ1) is 8.30. The fourth-order valence-corrected chi connectivity index (χ4v) is 1.62. The van der Waals surface area contributed by atoms with Crippen molar-refractivity contribution in [2.24, 2.45) is 0 Å². The summed E-state index contributed by atoms with van der Waals surface area (Å²) in [5.41, 5.74) is 2.49. The number of rotatable bonds is 2. The molecule has 2 heterocycles. The average molecular weight is 176 g/mol. The molecular formula is C11H16N2. The third-order valence-corrected chi connectivity index (χ3v) is 2.65. The number of aromatic nitrogens is 2. The van der Waals surface area contributed by atoms with Crippen LogP contribution < -0.4 is 0 Å². The number of aromatic amines is 1. The first-order chi connectivity index (χ1) is 6.33. The van der Waals surface area contributed by atoms with Crippen molar-refractivity contribution in [2.45, 2.75) is 26.2 Å². The molecule has 0 bridgehead atoms. The van der Waals surface area contributed by atoms with Gasteiger partial charge in [0.05, 0.1) is 11.7 Å². The highest BCUT2D eigenvalue weighted by molar-refractivity contribution is 5.82. The lowest BCUT2D eigenvalue weighted by atomic mass is 9.98. The summed E-state index contributed by atoms with van der Waals surface area (Å²) in [6, 6.07) is 2.12. The Morgan fingerprint density at radius 1 is 1.54 bits per heavy atom. The minimum absolute atomic E-state index is 0. The van der Waals surface area contributed by atoms with Gasteiger partial charge in [-0.15, -0.1) is 0 Å². The molecule has 2 nitrogen and oxygen atoms in total. The van der Waals surface area contributed by atoms with E-state index < -0.39 is 0 Å². The van der Waals surface area contributed by atoms with Gasteiger partial charge < -0.3 is 4.98 Å². The zero-order valence-electron chi connectivity index (χ0n) is 8.04. The summed E-state index contributed by atoms with van der Waals surface area (Å²) < 4.78 is 0. The third-order valence-electron chi connectivity index (χ3n) is 2.65. The maximum Gasteiger partial charge on any atom is 0.0643 e. The third kappa shape index (κ3) is 1.32. The first-order valence-corrected chi connectivity index (χ1v) is 4.74. The standard InChI is InChI=1S/C11H14N2.H2/c1-3-8(2)10-6-12-7-11-9(10)4-5-13-11;/h4-8,13H,3H2,1-2H3;1H. The van der Waals surface area contributed by atoms with Crippen LogP contribution in [-0.2, 0) is 0 Å². The van der Waals surface area contributed by atoms with Crippen LogP contribution in [0.15, 0.2) is 24.7 Å². The summed E-state index contributed by atoms with van der Waals surface area (Å²) in [7, 11) is 0. The van der Waals surface area contributed by atoms with Gasteiger partial charge in [0.15, 0.2) is 0 Å². The Bertz CT molecular complexity index is 408. The van der Waals surface area contributed by atoms with E-state index in [0.29, 0.717) is 5.92 Å². The van der Waals surface area contributed by atoms with Crippen molar-refractivity contribution < 1.29 is 1.43 Å². The van der Waals surface area contributed by atoms with Crippen LogP contribution in [0.4, 0.5) is 0 Å². The van der Waals surface area contributed by atoms with Gasteiger partial charge in [0.25, 0.3) is 0 Å². The SMILES string of the molecule is CCC(C)c1cncc2[nH]ccc12.[HH]. The number of H-pyrrole nitrogens is 1. The molecule has 0 saturated carbocycles. The Morgan fingerprint density at radius 2 is 2.38 bits per heavy atom. The van der Waals surface area contributed by atoms with E-state index >= 15 is 0 Å². The maximum atomic E-state index is 4.22. The summed E-state index contributed by atoms with van der Waals surface area (Å²) in [6.07, 6.45) is 6.98. The molecule has 0 aliphatic carbocycles. The van der Waals surface area contributed by atoms with Crippen molar-refractivity contribution in [1.29, 1.82) is 0 Å². The number of hydrogen-bond donors (Lipinski definition) is 1. The molecule has 0 aliphatic heterocycles. The molecule has 1 N–H and O–H groups in total. The second-order valence-electron chi connectivity index (χ2n) is 3.48. The van der Waals surface area contributed by atoms with Crippen LogP contribution in [0.2, 0.25) is 0 Å². The van der Waals surface area contributed by atoms with Gasteiger partial charge in [-0.25, -0.2) is 0 Å². The molecule has 0 fully saturated rings. The molecule has 0 aliphatic rings. The van der Waals surface area contributed by atoms with E-state index in [2.05, 4.69) is 29.9 Å². The lowest BCUT2D eigenvalue weighted by Crippen LogP contribution is -1.92. The number of fused-ring (bicyclic) bond motifs is 1. The zero-order valence-corrected chi connectivity index (χ0v) is 8.04. The highest BCUT2D eigenvalue weighted by atomic mass is 14.7. The first-order valence-electron chi connectivity index (χ1n) is 4.74. The van der Waals surface area contributed by atoms with Crippen LogP contribution >= 0.6 is 0 Å². The number of hydrogen-bond acceptors (Lipinski definition) is 1. The molecule has 13 heavy (non-hydrogen) atoms. The summed E-state index contributed by atoms with van der Waals surface area (Å²) in [5.74, 6) is 0.590. The van der Waals surface area contributed by atoms with Gasteiger partial charge in [-0.2, -0.15) is 0 Å². The fourth-order valence-electron chi connectivity index (χ4n) is 1.62. The van der Waals surface area contributed by atoms with Crippen molar-refractivity contribution in [2.75, 3.05) is 0 Å². The molecule has 2 aromatic rings. The second kappa shape index (κ2) is 3.21. The molecule has 0 spiro atoms. The Hall–Kier alpha value is -1.31. The predicted molar refractivity (Wildman–Crippen MR) is 56.9 cm³/mol. The van der Waals surface area contributed by atoms with Gasteiger partial charge in [-0.05, 0) is 24.0 Å². The molecule has 0 amide bonds. The summed E-state index contributed by atoms with van der Waals surface area (Å²) >= 11 is 0. The number of pyridine rings is 1. The van der Waals surface area contributed by atoms with E-state index in [1.807, 2.05) is 18.6 Å². The van der Waals surface area contributed by atoms with E-state index in [4.69, 9.17) is 0 Å². The maximum absolute atomic E-state index is 4.22. The molecule has 2 aromatic heterocycles. The van der Waals surface area contributed by atoms with Crippen molar-refractivity contribution in [1.82, 2.24) is 9.97 Å². The van der Waals surface area contributed by atoms with Crippen LogP contribution in [0.5, 0.6) is 0 Å². The summed E-state index contributed by atoms with van der Waals surface area (Å²) in [6.45, 7) is 4.44. The Balaban J connectivity index is 0.000000980. The molecule has 0 saturated heterocycles. The van der Waals surface area contributed by atoms with Crippen LogP contribution in [0, 0.1) is 0 Å². The zero-order chi connectivity index (χ0) is 9.26. The Morgan fingerprint density at radius 3 is 3.15 bits per heavy atom. The molecule has 70 valence electrons. The smallest absolute Gasteiger partial charge is 0.0643 e. The van der Waals surface area contributed by atoms with E-state index in [0.717, 1.165) is 11.9 Å². The van der Waals surface area contributed by atoms with Gasteiger partial charge in [0.1, 0.15) is 0 Å². The molecule has 0 radical (unpaired) electrons. The van der Waals surface area contributed by atoms with Crippen LogP contribution in [0.25, 0.3) is 10.9 Å². The van der Waals surface area contributed by atoms with Gasteiger partial charge in [0, 0.05) is 19.2 Å². The molecule has 0 aromatic carbocycles. The van der Waals surface area contributed by atoms with E-state index in [1.54, 1.807) is 0 Å². The van der Waals surface area contributed by atoms with Gasteiger partial charge in [-0.3, -0.25) is 4.98 Å². The number of nitrogens with zero attached hydrogens (tertiary/aromatic N) is 1. The largest absolute Gasteiger partial charge is 0.360 e. The summed E-state index contributed by atoms with van der Waals surface area (Å²) in [4.78, 5) is 7.40. The van der Waals surface area contributed by atoms with Crippen molar-refractivity contribution in [3.05, 3.63) is 30.2 Å². The quantitative estimate of drug-likeness (QED) is 0.747. The Kier molecular flexibility index (Phi) is 2.05. The Labute approximate surface area is 79.5 Å². The monoisotopic (exact) mass is 176 g/mol. The van der Waals surface area contributed by atoms with E-state index in [1.165, 1.54) is 10.9 Å². The van der Waals surface area contributed by atoms with E-state index in [-0.39, 0.29) is 1.43 Å². The van der Waals surface area contributed by atoms with Crippen LogP contribution in [0.3, 0.4) is 0 Å². The van der Waals surface area contributed by atoms with Crippen molar-refractivity contribution in [3.8, 4) is 0 Å². The van der Waals surface area contributed by atoms with Crippen LogP contribution in [-0.4, -0.2) is 9.97 Å². The summed E-state index contributed by atoms with van der Waals surface area (Å²) in [5, 5.41) is 1.31. The molecule has 2 rings (SSSR count). The molecule has 1 unspecified atom stereocenters. The highest BCUT2D eigenvalue weighted by Gasteiger charge is 2.07. The van der Waals surface area contributed by atoms with Gasteiger partial charge >= 0.3 is 0 Å². The van der Waals surface area contributed by atoms with Gasteiger partial charge in [0.2, 0.25) is 0 Å². The number of nitrogens with one attached hydrogen (secondary N) is 1. The second-order valence-corrected chi connectivity index (χ2v) is 3.48. The van der Waals surface area contributed by atoms with Gasteiger partial charge in [-0.1, -0.05) is 13.8 Å². The molecular weight excluding hydrogens is 160 g/mol. The topological polar surface area (TPSA) is 28.7 Å². The van der Waals surface area contributed by atoms with Crippen LogP contribution in [0.1, 0.15) is 33.2 Å². The highest BCUT2D eigenvalue weighted by Crippen LogP contribution is 2.25. The predicted octanol–water partition coefficient (Wildman–Crippen LogP) is 3.32. The van der Waals surface area contributed by atoms with Crippen molar-refractivity contribution >= 4 is 10.9 Å². The fraction of sp³-hybridized carbons (Fsp3) is 0.364. The normalized spacial score (nSPS) is 13.4. The minimum Gasteiger partial charge on any atom is -0.360 e. The lowest BCUT2D eigenvalue weighted by molar-refractivity contribution is 0.736. The lowest BCUT2D eigenvalue weighted by Gasteiger charge is -2.08.